The Morgan fingerprint density at radius 3 is 3.00 bits per heavy atom. The smallest absolute Gasteiger partial charge is 0.332 e. The van der Waals surface area contributed by atoms with Crippen molar-refractivity contribution in [2.24, 2.45) is 0 Å². The number of hydrogen-bond donors (Lipinski definition) is 0. The molecule has 6 nitrogen and oxygen atoms in total. The van der Waals surface area contributed by atoms with Gasteiger partial charge in [0.05, 0.1) is 5.69 Å². The standard InChI is InChI=1S/C15H15N3O3/c1-2-13-16-10-8-9(5-6-12(10)21-13)18-14(19)11-4-3-7-17(11)15(18)20/h5-6,8,11H,2-4,7H2,1H3/t11-/m1/s1. The molecule has 0 radical (unpaired) electrons. The summed E-state index contributed by atoms with van der Waals surface area (Å²) in [5, 5.41) is 0. The van der Waals surface area contributed by atoms with Gasteiger partial charge in [-0.1, -0.05) is 6.92 Å². The average Bonchev–Trinajstić information content (AvgIpc) is 3.16. The zero-order valence-corrected chi connectivity index (χ0v) is 11.7. The van der Waals surface area contributed by atoms with E-state index in [-0.39, 0.29) is 18.0 Å². The Morgan fingerprint density at radius 1 is 1.38 bits per heavy atom. The quantitative estimate of drug-likeness (QED) is 0.794. The average molecular weight is 285 g/mol. The lowest BCUT2D eigenvalue weighted by atomic mass is 10.2. The Kier molecular flexibility index (Phi) is 2.54. The number of imide groups is 1. The zero-order valence-electron chi connectivity index (χ0n) is 11.7. The molecule has 1 aromatic heterocycles. The van der Waals surface area contributed by atoms with Crippen LogP contribution in [-0.4, -0.2) is 34.4 Å². The first kappa shape index (κ1) is 12.4. The highest BCUT2D eigenvalue weighted by atomic mass is 16.3. The number of benzene rings is 1. The largest absolute Gasteiger partial charge is 0.441 e. The first-order valence-electron chi connectivity index (χ1n) is 7.23. The van der Waals surface area contributed by atoms with Crippen molar-refractivity contribution in [3.8, 4) is 0 Å². The van der Waals surface area contributed by atoms with E-state index in [0.717, 1.165) is 12.8 Å². The van der Waals surface area contributed by atoms with E-state index >= 15 is 0 Å². The van der Waals surface area contributed by atoms with Crippen LogP contribution >= 0.6 is 0 Å². The van der Waals surface area contributed by atoms with Gasteiger partial charge in [-0.05, 0) is 31.0 Å². The molecule has 0 N–H and O–H groups in total. The Balaban J connectivity index is 1.76. The van der Waals surface area contributed by atoms with Gasteiger partial charge in [-0.3, -0.25) is 4.79 Å². The van der Waals surface area contributed by atoms with Crippen molar-refractivity contribution in [2.75, 3.05) is 11.4 Å². The van der Waals surface area contributed by atoms with Gasteiger partial charge in [0.1, 0.15) is 11.6 Å². The molecule has 0 saturated carbocycles. The van der Waals surface area contributed by atoms with Gasteiger partial charge >= 0.3 is 6.03 Å². The monoisotopic (exact) mass is 285 g/mol. The molecule has 0 bridgehead atoms. The summed E-state index contributed by atoms with van der Waals surface area (Å²) in [5.74, 6) is 0.526. The van der Waals surface area contributed by atoms with Gasteiger partial charge < -0.3 is 9.32 Å². The van der Waals surface area contributed by atoms with Gasteiger partial charge in [0.15, 0.2) is 11.5 Å². The van der Waals surface area contributed by atoms with Crippen LogP contribution in [0, 0.1) is 0 Å². The molecule has 1 aromatic carbocycles. The van der Waals surface area contributed by atoms with E-state index in [2.05, 4.69) is 4.98 Å². The number of amides is 3. The van der Waals surface area contributed by atoms with Crippen LogP contribution in [0.4, 0.5) is 10.5 Å². The summed E-state index contributed by atoms with van der Waals surface area (Å²) in [6.07, 6.45) is 2.37. The van der Waals surface area contributed by atoms with Crippen molar-refractivity contribution in [2.45, 2.75) is 32.2 Å². The first-order chi connectivity index (χ1) is 10.2. The van der Waals surface area contributed by atoms with E-state index in [9.17, 15) is 9.59 Å². The number of anilines is 1. The van der Waals surface area contributed by atoms with Crippen LogP contribution in [0.1, 0.15) is 25.7 Å². The van der Waals surface area contributed by atoms with Crippen molar-refractivity contribution in [1.29, 1.82) is 0 Å². The van der Waals surface area contributed by atoms with Crippen LogP contribution in [0.25, 0.3) is 11.1 Å². The highest BCUT2D eigenvalue weighted by Crippen LogP contribution is 2.32. The lowest BCUT2D eigenvalue weighted by Crippen LogP contribution is -2.32. The summed E-state index contributed by atoms with van der Waals surface area (Å²) in [6, 6.07) is 4.75. The van der Waals surface area contributed by atoms with Crippen molar-refractivity contribution < 1.29 is 14.0 Å². The summed E-state index contributed by atoms with van der Waals surface area (Å²) in [6.45, 7) is 2.63. The molecule has 0 unspecified atom stereocenters. The maximum Gasteiger partial charge on any atom is 0.332 e. The second kappa shape index (κ2) is 4.31. The zero-order chi connectivity index (χ0) is 14.6. The second-order valence-corrected chi connectivity index (χ2v) is 5.42. The lowest BCUT2D eigenvalue weighted by Gasteiger charge is -2.15. The molecule has 3 amide bonds. The number of fused-ring (bicyclic) bond motifs is 2. The third kappa shape index (κ3) is 1.68. The first-order valence-corrected chi connectivity index (χ1v) is 7.23. The van der Waals surface area contributed by atoms with Crippen LogP contribution in [0.15, 0.2) is 22.6 Å². The normalized spacial score (nSPS) is 21.7. The highest BCUT2D eigenvalue weighted by molar-refractivity contribution is 6.21. The van der Waals surface area contributed by atoms with Crippen molar-refractivity contribution >= 4 is 28.7 Å². The SMILES string of the molecule is CCc1nc2cc(N3C(=O)[C@H]4CCCN4C3=O)ccc2o1. The lowest BCUT2D eigenvalue weighted by molar-refractivity contribution is -0.119. The summed E-state index contributed by atoms with van der Waals surface area (Å²) in [5.41, 5.74) is 1.93. The summed E-state index contributed by atoms with van der Waals surface area (Å²) in [4.78, 5) is 32.1. The number of nitrogens with zero attached hydrogens (tertiary/aromatic N) is 3. The maximum atomic E-state index is 12.4. The van der Waals surface area contributed by atoms with Crippen molar-refractivity contribution in [1.82, 2.24) is 9.88 Å². The van der Waals surface area contributed by atoms with Crippen molar-refractivity contribution in [3.05, 3.63) is 24.1 Å². The molecule has 2 aromatic rings. The van der Waals surface area contributed by atoms with Crippen molar-refractivity contribution in [3.63, 3.8) is 0 Å². The molecule has 0 aliphatic carbocycles. The fourth-order valence-electron chi connectivity index (χ4n) is 3.12. The minimum absolute atomic E-state index is 0.129. The van der Waals surface area contributed by atoms with Crippen LogP contribution in [-0.2, 0) is 11.2 Å². The summed E-state index contributed by atoms with van der Waals surface area (Å²) >= 11 is 0. The molecule has 6 heteroatoms. The molecular weight excluding hydrogens is 270 g/mol. The molecule has 2 saturated heterocycles. The number of aromatic nitrogens is 1. The minimum Gasteiger partial charge on any atom is -0.441 e. The van der Waals surface area contributed by atoms with E-state index < -0.39 is 0 Å². The number of urea groups is 1. The number of hydrogen-bond acceptors (Lipinski definition) is 4. The van der Waals surface area contributed by atoms with E-state index in [1.165, 1.54) is 4.90 Å². The summed E-state index contributed by atoms with van der Waals surface area (Å²) in [7, 11) is 0. The highest BCUT2D eigenvalue weighted by Gasteiger charge is 2.48. The molecule has 3 heterocycles. The molecule has 2 aliphatic heterocycles. The third-order valence-electron chi connectivity index (χ3n) is 4.17. The number of carbonyl (C=O) groups is 2. The van der Waals surface area contributed by atoms with Gasteiger partial charge in [-0.15, -0.1) is 0 Å². The number of rotatable bonds is 2. The Hall–Kier alpha value is -2.37. The molecule has 2 fully saturated rings. The molecule has 108 valence electrons. The number of oxazole rings is 1. The molecule has 1 atom stereocenters. The molecule has 2 aliphatic rings. The molecule has 0 spiro atoms. The predicted octanol–water partition coefficient (Wildman–Crippen LogP) is 2.32. The fourth-order valence-corrected chi connectivity index (χ4v) is 3.12. The van der Waals surface area contributed by atoms with Crippen LogP contribution < -0.4 is 4.90 Å². The minimum atomic E-state index is -0.281. The second-order valence-electron chi connectivity index (χ2n) is 5.42. The van der Waals surface area contributed by atoms with Crippen LogP contribution in [0.2, 0.25) is 0 Å². The van der Waals surface area contributed by atoms with Gasteiger partial charge in [-0.2, -0.15) is 0 Å². The number of carbonyl (C=O) groups excluding carboxylic acids is 2. The Bertz CT molecular complexity index is 730. The maximum absolute atomic E-state index is 12.4. The van der Waals surface area contributed by atoms with E-state index in [4.69, 9.17) is 4.42 Å². The van der Waals surface area contributed by atoms with Gasteiger partial charge in [0.2, 0.25) is 0 Å². The fraction of sp³-hybridized carbons (Fsp3) is 0.400. The van der Waals surface area contributed by atoms with E-state index in [1.807, 2.05) is 6.92 Å². The molecular formula is C15H15N3O3. The van der Waals surface area contributed by atoms with Gasteiger partial charge in [0.25, 0.3) is 5.91 Å². The van der Waals surface area contributed by atoms with E-state index in [1.54, 1.807) is 23.1 Å². The van der Waals surface area contributed by atoms with E-state index in [0.29, 0.717) is 35.6 Å². The molecule has 21 heavy (non-hydrogen) atoms. The topological polar surface area (TPSA) is 66.7 Å². The van der Waals surface area contributed by atoms with Crippen LogP contribution in [0.3, 0.4) is 0 Å². The number of aryl methyl sites for hydroxylation is 1. The molecule has 4 rings (SSSR count). The predicted molar refractivity (Wildman–Crippen MR) is 76.0 cm³/mol. The Labute approximate surface area is 121 Å². The Morgan fingerprint density at radius 2 is 2.24 bits per heavy atom. The third-order valence-corrected chi connectivity index (χ3v) is 4.17. The summed E-state index contributed by atoms with van der Waals surface area (Å²) < 4.78 is 5.55. The van der Waals surface area contributed by atoms with Gasteiger partial charge in [-0.25, -0.2) is 14.7 Å². The van der Waals surface area contributed by atoms with Crippen LogP contribution in [0.5, 0.6) is 0 Å². The van der Waals surface area contributed by atoms with Gasteiger partial charge in [0, 0.05) is 13.0 Å².